The van der Waals surface area contributed by atoms with Crippen molar-refractivity contribution in [2.45, 2.75) is 6.42 Å². The summed E-state index contributed by atoms with van der Waals surface area (Å²) in [6, 6.07) is 7.48. The highest BCUT2D eigenvalue weighted by Gasteiger charge is 2.10. The molecule has 1 aromatic carbocycles. The lowest BCUT2D eigenvalue weighted by molar-refractivity contribution is -0.141. The summed E-state index contributed by atoms with van der Waals surface area (Å²) in [5, 5.41) is 3.39. The van der Waals surface area contributed by atoms with E-state index in [1.807, 2.05) is 24.3 Å². The van der Waals surface area contributed by atoms with E-state index in [1.54, 1.807) is 6.26 Å². The van der Waals surface area contributed by atoms with Gasteiger partial charge in [0, 0.05) is 10.9 Å². The molecule has 0 atom stereocenters. The van der Waals surface area contributed by atoms with Gasteiger partial charge in [-0.1, -0.05) is 18.2 Å². The van der Waals surface area contributed by atoms with Gasteiger partial charge in [0.1, 0.15) is 12.1 Å². The summed E-state index contributed by atoms with van der Waals surface area (Å²) >= 11 is 0. The first-order chi connectivity index (χ1) is 8.70. The van der Waals surface area contributed by atoms with Crippen molar-refractivity contribution in [2.24, 2.45) is 0 Å². The Morgan fingerprint density at radius 2 is 2.11 bits per heavy atom. The van der Waals surface area contributed by atoms with Crippen LogP contribution >= 0.6 is 0 Å². The number of fused-ring (bicyclic) bond motifs is 1. The molecule has 0 saturated carbocycles. The maximum Gasteiger partial charge on any atom is 0.325 e. The second kappa shape index (κ2) is 5.35. The van der Waals surface area contributed by atoms with Crippen LogP contribution in [0.1, 0.15) is 5.56 Å². The quantitative estimate of drug-likeness (QED) is 0.826. The molecule has 0 spiro atoms. The van der Waals surface area contributed by atoms with E-state index in [-0.39, 0.29) is 18.9 Å². The maximum atomic E-state index is 11.6. The smallest absolute Gasteiger partial charge is 0.325 e. The van der Waals surface area contributed by atoms with Crippen molar-refractivity contribution in [1.29, 1.82) is 0 Å². The Bertz CT molecular complexity index is 573. The van der Waals surface area contributed by atoms with Crippen LogP contribution in [-0.2, 0) is 20.7 Å². The third-order valence-electron chi connectivity index (χ3n) is 2.57. The fourth-order valence-corrected chi connectivity index (χ4v) is 1.65. The summed E-state index contributed by atoms with van der Waals surface area (Å²) in [6.07, 6.45) is 1.73. The molecule has 0 aliphatic rings. The van der Waals surface area contributed by atoms with Crippen LogP contribution in [0.15, 0.2) is 34.9 Å². The fourth-order valence-electron chi connectivity index (χ4n) is 1.65. The van der Waals surface area contributed by atoms with Crippen molar-refractivity contribution < 1.29 is 18.7 Å². The summed E-state index contributed by atoms with van der Waals surface area (Å²) < 4.78 is 9.76. The van der Waals surface area contributed by atoms with Crippen LogP contribution in [0.3, 0.4) is 0 Å². The molecule has 2 rings (SSSR count). The van der Waals surface area contributed by atoms with Gasteiger partial charge in [-0.15, -0.1) is 0 Å². The monoisotopic (exact) mass is 247 g/mol. The van der Waals surface area contributed by atoms with Gasteiger partial charge >= 0.3 is 5.97 Å². The minimum atomic E-state index is -0.472. The molecular formula is C13H13NO4. The Labute approximate surface area is 104 Å². The molecule has 0 aliphatic heterocycles. The van der Waals surface area contributed by atoms with E-state index in [1.165, 1.54) is 7.11 Å². The Hall–Kier alpha value is -2.30. The molecule has 0 radical (unpaired) electrons. The minimum absolute atomic E-state index is 0.120. The van der Waals surface area contributed by atoms with Gasteiger partial charge in [-0.25, -0.2) is 0 Å². The third-order valence-corrected chi connectivity index (χ3v) is 2.57. The number of benzene rings is 1. The van der Waals surface area contributed by atoms with Gasteiger partial charge in [-0.3, -0.25) is 9.59 Å². The van der Waals surface area contributed by atoms with Gasteiger partial charge in [0.05, 0.1) is 19.8 Å². The van der Waals surface area contributed by atoms with Crippen LogP contribution in [-0.4, -0.2) is 25.5 Å². The van der Waals surface area contributed by atoms with Crippen LogP contribution in [0, 0.1) is 0 Å². The first-order valence-electron chi connectivity index (χ1n) is 5.49. The number of nitrogens with one attached hydrogen (secondary N) is 1. The Kier molecular flexibility index (Phi) is 3.62. The van der Waals surface area contributed by atoms with E-state index >= 15 is 0 Å². The highest BCUT2D eigenvalue weighted by atomic mass is 16.5. The highest BCUT2D eigenvalue weighted by molar-refractivity contribution is 5.88. The molecule has 5 nitrogen and oxygen atoms in total. The van der Waals surface area contributed by atoms with E-state index in [9.17, 15) is 9.59 Å². The predicted octanol–water partition coefficient (Wildman–Crippen LogP) is 1.26. The van der Waals surface area contributed by atoms with Crippen molar-refractivity contribution in [3.05, 3.63) is 36.1 Å². The minimum Gasteiger partial charge on any atom is -0.468 e. The molecule has 5 heteroatoms. The molecule has 1 amide bonds. The lowest BCUT2D eigenvalue weighted by Gasteiger charge is -2.02. The topological polar surface area (TPSA) is 68.5 Å². The number of hydrogen-bond acceptors (Lipinski definition) is 4. The molecule has 1 aromatic heterocycles. The summed E-state index contributed by atoms with van der Waals surface area (Å²) in [5.41, 5.74) is 1.54. The van der Waals surface area contributed by atoms with Crippen LogP contribution in [0.4, 0.5) is 0 Å². The van der Waals surface area contributed by atoms with E-state index in [0.717, 1.165) is 16.5 Å². The standard InChI is InChI=1S/C13H13NO4/c1-17-13(16)7-14-12(15)6-9-8-18-11-5-3-2-4-10(9)11/h2-5,8H,6-7H2,1H3,(H,14,15). The van der Waals surface area contributed by atoms with Crippen molar-refractivity contribution in [1.82, 2.24) is 5.32 Å². The van der Waals surface area contributed by atoms with Crippen molar-refractivity contribution in [3.8, 4) is 0 Å². The molecule has 0 bridgehead atoms. The molecular weight excluding hydrogens is 234 g/mol. The van der Waals surface area contributed by atoms with E-state index in [2.05, 4.69) is 10.1 Å². The largest absolute Gasteiger partial charge is 0.468 e. The number of furan rings is 1. The molecule has 2 aromatic rings. The van der Waals surface area contributed by atoms with E-state index in [0.29, 0.717) is 0 Å². The molecule has 0 fully saturated rings. The van der Waals surface area contributed by atoms with Crippen molar-refractivity contribution in [2.75, 3.05) is 13.7 Å². The zero-order chi connectivity index (χ0) is 13.0. The zero-order valence-corrected chi connectivity index (χ0v) is 9.93. The van der Waals surface area contributed by atoms with Crippen LogP contribution in [0.5, 0.6) is 0 Å². The first kappa shape index (κ1) is 12.2. The third kappa shape index (κ3) is 2.68. The van der Waals surface area contributed by atoms with Gasteiger partial charge in [-0.2, -0.15) is 0 Å². The van der Waals surface area contributed by atoms with Gasteiger partial charge in [0.15, 0.2) is 0 Å². The number of methoxy groups -OCH3 is 1. The van der Waals surface area contributed by atoms with Crippen LogP contribution in [0.25, 0.3) is 11.0 Å². The summed E-state index contributed by atoms with van der Waals surface area (Å²) in [6.45, 7) is -0.120. The van der Waals surface area contributed by atoms with E-state index < -0.39 is 5.97 Å². The number of carbonyl (C=O) groups excluding carboxylic acids is 2. The number of amides is 1. The van der Waals surface area contributed by atoms with Crippen LogP contribution in [0.2, 0.25) is 0 Å². The molecule has 1 N–H and O–H groups in total. The molecule has 0 unspecified atom stereocenters. The first-order valence-corrected chi connectivity index (χ1v) is 5.49. The van der Waals surface area contributed by atoms with Gasteiger partial charge in [-0.05, 0) is 6.07 Å². The summed E-state index contributed by atoms with van der Waals surface area (Å²) in [4.78, 5) is 22.5. The fraction of sp³-hybridized carbons (Fsp3) is 0.231. The SMILES string of the molecule is COC(=O)CNC(=O)Cc1coc2ccccc12. The molecule has 0 aliphatic carbocycles. The average molecular weight is 247 g/mol. The summed E-state index contributed by atoms with van der Waals surface area (Å²) in [5.74, 6) is -0.715. The second-order valence-corrected chi connectivity index (χ2v) is 3.79. The molecule has 94 valence electrons. The lowest BCUT2D eigenvalue weighted by Crippen LogP contribution is -2.31. The number of ether oxygens (including phenoxy) is 1. The Morgan fingerprint density at radius 3 is 2.89 bits per heavy atom. The number of para-hydroxylation sites is 1. The Balaban J connectivity index is 2.01. The van der Waals surface area contributed by atoms with Gasteiger partial charge in [0.25, 0.3) is 0 Å². The lowest BCUT2D eigenvalue weighted by atomic mass is 10.1. The molecule has 18 heavy (non-hydrogen) atoms. The normalized spacial score (nSPS) is 10.3. The summed E-state index contributed by atoms with van der Waals surface area (Å²) in [7, 11) is 1.28. The van der Waals surface area contributed by atoms with Crippen molar-refractivity contribution >= 4 is 22.8 Å². The molecule has 0 saturated heterocycles. The van der Waals surface area contributed by atoms with Crippen LogP contribution < -0.4 is 5.32 Å². The second-order valence-electron chi connectivity index (χ2n) is 3.79. The van der Waals surface area contributed by atoms with Gasteiger partial charge in [0.2, 0.25) is 5.91 Å². The number of hydrogen-bond donors (Lipinski definition) is 1. The number of esters is 1. The number of carbonyl (C=O) groups is 2. The highest BCUT2D eigenvalue weighted by Crippen LogP contribution is 2.20. The number of rotatable bonds is 4. The van der Waals surface area contributed by atoms with E-state index in [4.69, 9.17) is 4.42 Å². The van der Waals surface area contributed by atoms with Gasteiger partial charge < -0.3 is 14.5 Å². The average Bonchev–Trinajstić information content (AvgIpc) is 2.79. The van der Waals surface area contributed by atoms with Crippen molar-refractivity contribution in [3.63, 3.8) is 0 Å². The zero-order valence-electron chi connectivity index (χ0n) is 9.93. The Morgan fingerprint density at radius 1 is 1.33 bits per heavy atom. The predicted molar refractivity (Wildman–Crippen MR) is 64.9 cm³/mol. The maximum absolute atomic E-state index is 11.6. The molecule has 1 heterocycles.